The maximum atomic E-state index is 16.9. The molecule has 2 unspecified atom stereocenters. The molecule has 0 spiro atoms. The molecule has 2 saturated heterocycles. The molecule has 8 nitrogen and oxygen atoms in total. The molecule has 0 radical (unpaired) electrons. The van der Waals surface area contributed by atoms with Crippen LogP contribution in [-0.4, -0.2) is 65.0 Å². The quantitative estimate of drug-likeness (QED) is 0.331. The third-order valence-corrected chi connectivity index (χ3v) is 9.32. The normalized spacial score (nSPS) is 22.5. The second-order valence-corrected chi connectivity index (χ2v) is 11.8. The van der Waals surface area contributed by atoms with Crippen molar-refractivity contribution in [3.63, 3.8) is 0 Å². The largest absolute Gasteiger partial charge is 0.508 e. The Hall–Kier alpha value is -4.20. The topological polar surface area (TPSA) is 88.9 Å². The first-order valence-electron chi connectivity index (χ1n) is 14.7. The summed E-state index contributed by atoms with van der Waals surface area (Å²) in [5.74, 6) is 1.04. The molecule has 4 atom stereocenters. The number of likely N-dealkylation sites (N-methyl/N-ethyl adjacent to an activating group) is 1. The molecule has 10 heteroatoms. The summed E-state index contributed by atoms with van der Waals surface area (Å²) in [5, 5.41) is 14.6. The van der Waals surface area contributed by atoms with E-state index in [-0.39, 0.29) is 81.2 Å². The number of benzene rings is 3. The summed E-state index contributed by atoms with van der Waals surface area (Å²) in [6.45, 7) is 4.56. The number of nitrogens with one attached hydrogen (secondary N) is 1. The van der Waals surface area contributed by atoms with Crippen LogP contribution in [0, 0.1) is 29.9 Å². The van der Waals surface area contributed by atoms with Gasteiger partial charge in [0.25, 0.3) is 5.88 Å². The summed E-state index contributed by atoms with van der Waals surface area (Å²) < 4.78 is 45.7. The Balaban J connectivity index is 1.49. The molecule has 0 aliphatic carbocycles. The Morgan fingerprint density at radius 1 is 1.23 bits per heavy atom. The van der Waals surface area contributed by atoms with Gasteiger partial charge in [0.15, 0.2) is 5.82 Å². The predicted octanol–water partition coefficient (Wildman–Crippen LogP) is 4.59. The van der Waals surface area contributed by atoms with E-state index in [1.54, 1.807) is 4.57 Å². The molecular weight excluding hydrogens is 554 g/mol. The van der Waals surface area contributed by atoms with Crippen molar-refractivity contribution in [3.8, 4) is 40.8 Å². The van der Waals surface area contributed by atoms with Gasteiger partial charge in [-0.2, -0.15) is 0 Å². The van der Waals surface area contributed by atoms with Crippen molar-refractivity contribution >= 4 is 21.8 Å². The zero-order valence-electron chi connectivity index (χ0n) is 24.0. The van der Waals surface area contributed by atoms with Gasteiger partial charge in [-0.25, -0.2) is 13.8 Å². The fourth-order valence-corrected chi connectivity index (χ4v) is 7.16. The molecule has 0 saturated carbocycles. The number of aromatic hydroxyl groups is 1. The number of hydrogen-bond acceptors (Lipinski definition) is 7. The number of hydrogen-bond donors (Lipinski definition) is 2. The van der Waals surface area contributed by atoms with Gasteiger partial charge < -0.3 is 19.9 Å². The van der Waals surface area contributed by atoms with Crippen molar-refractivity contribution in [3.05, 3.63) is 57.9 Å². The Morgan fingerprint density at radius 2 is 2.07 bits per heavy atom. The fraction of sp³-hybridized carbons (Fsp3) is 0.394. The lowest BCUT2D eigenvalue weighted by atomic mass is 9.92. The second-order valence-electron chi connectivity index (χ2n) is 11.8. The van der Waals surface area contributed by atoms with E-state index in [1.165, 1.54) is 30.3 Å². The highest BCUT2D eigenvalue weighted by Crippen LogP contribution is 2.44. The first-order chi connectivity index (χ1) is 20.8. The van der Waals surface area contributed by atoms with E-state index in [0.717, 1.165) is 32.4 Å². The van der Waals surface area contributed by atoms with Crippen LogP contribution in [0.15, 0.2) is 35.1 Å². The van der Waals surface area contributed by atoms with Crippen molar-refractivity contribution in [2.24, 2.45) is 5.92 Å². The molecule has 2 fully saturated rings. The van der Waals surface area contributed by atoms with Crippen LogP contribution in [0.4, 0.5) is 8.78 Å². The van der Waals surface area contributed by atoms with E-state index in [4.69, 9.17) is 15.9 Å². The molecule has 0 amide bonds. The van der Waals surface area contributed by atoms with Crippen LogP contribution in [0.25, 0.3) is 32.9 Å². The second kappa shape index (κ2) is 10.5. The van der Waals surface area contributed by atoms with Crippen LogP contribution in [0.2, 0.25) is 0 Å². The molecule has 0 bridgehead atoms. The monoisotopic (exact) mass is 586 g/mol. The summed E-state index contributed by atoms with van der Waals surface area (Å²) >= 11 is 0. The maximum Gasteiger partial charge on any atom is 0.314 e. The van der Waals surface area contributed by atoms with Gasteiger partial charge in [-0.3, -0.25) is 14.3 Å². The molecule has 3 aliphatic heterocycles. The SMILES string of the molecule is C#Cc1c(F)ccc2cc(O)cc(-c3cc4c5c(nc(O[C@@H](C)[C@@H]6CCCN6C)c(=O)n5C(C5CCNC5)CO4)c3F)c12. The molecule has 222 valence electrons. The third-order valence-electron chi connectivity index (χ3n) is 9.32. The van der Waals surface area contributed by atoms with Crippen molar-refractivity contribution in [2.75, 3.05) is 33.3 Å². The van der Waals surface area contributed by atoms with Crippen LogP contribution in [0.3, 0.4) is 0 Å². The van der Waals surface area contributed by atoms with Gasteiger partial charge in [0.05, 0.1) is 11.6 Å². The van der Waals surface area contributed by atoms with E-state index in [0.29, 0.717) is 11.9 Å². The van der Waals surface area contributed by atoms with Crippen LogP contribution >= 0.6 is 0 Å². The number of likely N-dealkylation sites (tertiary alicyclic amines) is 1. The van der Waals surface area contributed by atoms with E-state index in [9.17, 15) is 14.3 Å². The van der Waals surface area contributed by atoms with E-state index >= 15 is 4.39 Å². The third kappa shape index (κ3) is 4.41. The number of terminal acetylenes is 1. The number of ether oxygens (including phenoxy) is 2. The number of aromatic nitrogens is 2. The highest BCUT2D eigenvalue weighted by Gasteiger charge is 2.37. The predicted molar refractivity (Wildman–Crippen MR) is 160 cm³/mol. The molecule has 1 aromatic heterocycles. The van der Waals surface area contributed by atoms with E-state index < -0.39 is 17.2 Å². The number of halogens is 2. The number of fused-ring (bicyclic) bond motifs is 1. The zero-order chi connectivity index (χ0) is 30.0. The molecule has 4 heterocycles. The van der Waals surface area contributed by atoms with Gasteiger partial charge in [0.1, 0.15) is 41.1 Å². The maximum absolute atomic E-state index is 16.9. The van der Waals surface area contributed by atoms with Gasteiger partial charge in [-0.1, -0.05) is 12.0 Å². The first kappa shape index (κ1) is 27.6. The van der Waals surface area contributed by atoms with Crippen molar-refractivity contribution in [1.82, 2.24) is 19.8 Å². The Bertz CT molecular complexity index is 1880. The van der Waals surface area contributed by atoms with Gasteiger partial charge in [-0.05, 0) is 87.5 Å². The Labute approximate surface area is 247 Å². The molecule has 2 N–H and O–H groups in total. The standard InChI is InChI=1S/C33H32F2N4O4/c1-4-21-24(34)8-7-18-12-20(40)13-22(28(18)21)23-14-27-31-30(29(23)35)37-32(43-17(2)25-6-5-11-38(25)3)33(41)39(31)26(16-42-27)19-9-10-36-15-19/h1,7-8,12-14,17,19,25-26,36,40H,5-6,9-11,15-16H2,2-3H3/t17-,19?,25-,26?/m0/s1. The van der Waals surface area contributed by atoms with Crippen LogP contribution in [-0.2, 0) is 0 Å². The summed E-state index contributed by atoms with van der Waals surface area (Å²) in [4.78, 5) is 20.8. The lowest BCUT2D eigenvalue weighted by Crippen LogP contribution is -2.42. The molecule has 43 heavy (non-hydrogen) atoms. The minimum atomic E-state index is -0.754. The van der Waals surface area contributed by atoms with Gasteiger partial charge >= 0.3 is 5.56 Å². The Kier molecular flexibility index (Phi) is 6.75. The van der Waals surface area contributed by atoms with E-state index in [2.05, 4.69) is 21.1 Å². The summed E-state index contributed by atoms with van der Waals surface area (Å²) in [6, 6.07) is 6.73. The highest BCUT2D eigenvalue weighted by molar-refractivity contribution is 6.03. The summed E-state index contributed by atoms with van der Waals surface area (Å²) in [7, 11) is 2.02. The molecule has 4 aromatic rings. The summed E-state index contributed by atoms with van der Waals surface area (Å²) in [5.41, 5.74) is -0.120. The summed E-state index contributed by atoms with van der Waals surface area (Å²) in [6.07, 6.45) is 8.12. The van der Waals surface area contributed by atoms with Crippen LogP contribution in [0.1, 0.15) is 37.8 Å². The number of nitrogens with zero attached hydrogens (tertiary/aromatic N) is 3. The van der Waals surface area contributed by atoms with Crippen molar-refractivity contribution in [2.45, 2.75) is 44.4 Å². The zero-order valence-corrected chi connectivity index (χ0v) is 24.0. The first-order valence-corrected chi connectivity index (χ1v) is 14.7. The smallest absolute Gasteiger partial charge is 0.314 e. The van der Waals surface area contributed by atoms with Crippen LogP contribution < -0.4 is 20.3 Å². The number of phenols is 1. The van der Waals surface area contributed by atoms with Gasteiger partial charge in [-0.15, -0.1) is 6.42 Å². The van der Waals surface area contributed by atoms with Crippen LogP contribution in [0.5, 0.6) is 17.4 Å². The van der Waals surface area contributed by atoms with Gasteiger partial charge in [0, 0.05) is 23.5 Å². The highest BCUT2D eigenvalue weighted by atomic mass is 19.1. The number of phenolic OH excluding ortho intramolecular Hbond substituents is 1. The molecule has 3 aromatic carbocycles. The molecule has 3 aliphatic rings. The van der Waals surface area contributed by atoms with Crippen molar-refractivity contribution in [1.29, 1.82) is 0 Å². The van der Waals surface area contributed by atoms with Gasteiger partial charge in [0.2, 0.25) is 0 Å². The van der Waals surface area contributed by atoms with E-state index in [1.807, 2.05) is 14.0 Å². The number of rotatable bonds is 5. The lowest BCUT2D eigenvalue weighted by Gasteiger charge is -2.33. The lowest BCUT2D eigenvalue weighted by molar-refractivity contribution is 0.113. The molecular formula is C33H32F2N4O4. The fourth-order valence-electron chi connectivity index (χ4n) is 7.16. The Morgan fingerprint density at radius 3 is 2.79 bits per heavy atom. The minimum absolute atomic E-state index is 0.0127. The molecule has 7 rings (SSSR count). The van der Waals surface area contributed by atoms with Crippen molar-refractivity contribution < 1.29 is 23.4 Å². The minimum Gasteiger partial charge on any atom is -0.508 e. The average Bonchev–Trinajstić information content (AvgIpc) is 3.68. The average molecular weight is 587 g/mol.